The van der Waals surface area contributed by atoms with E-state index in [0.29, 0.717) is 29.0 Å². The monoisotopic (exact) mass is 430 g/mol. The van der Waals surface area contributed by atoms with Crippen molar-refractivity contribution < 1.29 is 18.9 Å². The van der Waals surface area contributed by atoms with Crippen LogP contribution in [0.15, 0.2) is 66.7 Å². The first-order valence-electron chi connectivity index (χ1n) is 10.7. The molecule has 164 valence electrons. The molecule has 0 unspecified atom stereocenters. The van der Waals surface area contributed by atoms with Crippen molar-refractivity contribution in [3.63, 3.8) is 0 Å². The topological polar surface area (TPSA) is 52.2 Å². The summed E-state index contributed by atoms with van der Waals surface area (Å²) in [5, 5.41) is 3.49. The number of rotatable bonds is 9. The Morgan fingerprint density at radius 2 is 1.38 bits per heavy atom. The van der Waals surface area contributed by atoms with Gasteiger partial charge < -0.3 is 29.1 Å². The van der Waals surface area contributed by atoms with Gasteiger partial charge in [-0.1, -0.05) is 0 Å². The van der Waals surface area contributed by atoms with Gasteiger partial charge >= 0.3 is 0 Å². The lowest BCUT2D eigenvalue weighted by Crippen LogP contribution is -2.32. The minimum atomic E-state index is 0.305. The van der Waals surface area contributed by atoms with E-state index in [1.807, 2.05) is 71.5 Å². The van der Waals surface area contributed by atoms with Crippen LogP contribution in [0.4, 0.5) is 5.69 Å². The molecule has 1 saturated heterocycles. The molecular weight excluding hydrogens is 403 g/mol. The molecule has 0 bridgehead atoms. The van der Waals surface area contributed by atoms with Crippen LogP contribution in [0, 0.1) is 0 Å². The number of benzene rings is 3. The number of methoxy groups -OCH3 is 2. The van der Waals surface area contributed by atoms with Crippen LogP contribution >= 0.6 is 0 Å². The van der Waals surface area contributed by atoms with Crippen LogP contribution in [-0.4, -0.2) is 46.1 Å². The molecule has 1 atom stereocenters. The standard InChI is InChI=1S/C25H27BN2O4/c1-29-19-5-9-21(10-6-19)31-23-13-14-24(27-17-18-4-3-15-28(18)26)25(16-23)32-22-11-7-20(30-2)8-12-22/h5-14,16,18,27H,3-4,15,17H2,1-2H3/t18-/m0/s1. The van der Waals surface area contributed by atoms with E-state index in [4.69, 9.17) is 26.9 Å². The van der Waals surface area contributed by atoms with Crippen molar-refractivity contribution in [3.05, 3.63) is 66.7 Å². The first-order valence-corrected chi connectivity index (χ1v) is 10.7. The van der Waals surface area contributed by atoms with Crippen molar-refractivity contribution in [1.82, 2.24) is 4.81 Å². The molecule has 2 radical (unpaired) electrons. The van der Waals surface area contributed by atoms with Crippen molar-refractivity contribution in [2.75, 3.05) is 32.6 Å². The van der Waals surface area contributed by atoms with Crippen LogP contribution < -0.4 is 24.3 Å². The fourth-order valence-electron chi connectivity index (χ4n) is 3.65. The Bertz CT molecular complexity index is 1010. The molecule has 0 amide bonds. The van der Waals surface area contributed by atoms with Crippen LogP contribution in [0.25, 0.3) is 0 Å². The fraction of sp³-hybridized carbons (Fsp3) is 0.280. The molecule has 1 fully saturated rings. The zero-order valence-electron chi connectivity index (χ0n) is 18.4. The Balaban J connectivity index is 1.54. The molecule has 6 nitrogen and oxygen atoms in total. The second-order valence-electron chi connectivity index (χ2n) is 7.63. The van der Waals surface area contributed by atoms with Crippen molar-refractivity contribution in [3.8, 4) is 34.5 Å². The first kappa shape index (κ1) is 21.9. The van der Waals surface area contributed by atoms with Gasteiger partial charge in [0.1, 0.15) is 28.7 Å². The normalized spacial score (nSPS) is 15.9. The predicted molar refractivity (Wildman–Crippen MR) is 127 cm³/mol. The molecular formula is C25H27BN2O4. The second-order valence-corrected chi connectivity index (χ2v) is 7.63. The minimum Gasteiger partial charge on any atom is -0.497 e. The molecule has 4 rings (SSSR count). The second kappa shape index (κ2) is 10.3. The van der Waals surface area contributed by atoms with Gasteiger partial charge in [0.2, 0.25) is 0 Å². The van der Waals surface area contributed by atoms with Crippen molar-refractivity contribution >= 4 is 13.7 Å². The van der Waals surface area contributed by atoms with E-state index >= 15 is 0 Å². The van der Waals surface area contributed by atoms with E-state index in [9.17, 15) is 0 Å². The summed E-state index contributed by atoms with van der Waals surface area (Å²) in [5.41, 5.74) is 0.878. The third-order valence-electron chi connectivity index (χ3n) is 5.49. The fourth-order valence-corrected chi connectivity index (χ4v) is 3.65. The van der Waals surface area contributed by atoms with Gasteiger partial charge in [-0.3, -0.25) is 0 Å². The number of hydrogen-bond donors (Lipinski definition) is 1. The molecule has 1 aliphatic heterocycles. The summed E-state index contributed by atoms with van der Waals surface area (Å²) in [5.74, 6) is 4.31. The van der Waals surface area contributed by atoms with E-state index in [0.717, 1.165) is 43.1 Å². The van der Waals surface area contributed by atoms with Crippen molar-refractivity contribution in [2.24, 2.45) is 0 Å². The zero-order chi connectivity index (χ0) is 22.3. The highest BCUT2D eigenvalue weighted by atomic mass is 16.5. The molecule has 3 aromatic carbocycles. The van der Waals surface area contributed by atoms with Crippen LogP contribution in [-0.2, 0) is 0 Å². The lowest BCUT2D eigenvalue weighted by atomic mass is 10.1. The largest absolute Gasteiger partial charge is 0.497 e. The van der Waals surface area contributed by atoms with E-state index in [2.05, 4.69) is 5.32 Å². The molecule has 32 heavy (non-hydrogen) atoms. The Morgan fingerprint density at radius 1 is 0.812 bits per heavy atom. The molecule has 0 aliphatic carbocycles. The lowest BCUT2D eigenvalue weighted by Gasteiger charge is -2.22. The summed E-state index contributed by atoms with van der Waals surface area (Å²) in [6.07, 6.45) is 2.20. The van der Waals surface area contributed by atoms with Crippen molar-refractivity contribution in [2.45, 2.75) is 18.9 Å². The summed E-state index contributed by atoms with van der Waals surface area (Å²) < 4.78 is 22.7. The van der Waals surface area contributed by atoms with Gasteiger partial charge in [-0.2, -0.15) is 0 Å². The summed E-state index contributed by atoms with van der Waals surface area (Å²) in [6.45, 7) is 1.67. The van der Waals surface area contributed by atoms with Crippen LogP contribution in [0.5, 0.6) is 34.5 Å². The van der Waals surface area contributed by atoms with Crippen LogP contribution in [0.3, 0.4) is 0 Å². The third kappa shape index (κ3) is 5.48. The molecule has 1 aliphatic rings. The summed E-state index contributed by atoms with van der Waals surface area (Å²) in [4.78, 5) is 1.90. The average molecular weight is 430 g/mol. The maximum atomic E-state index is 6.20. The quantitative estimate of drug-likeness (QED) is 0.468. The molecule has 0 aromatic heterocycles. The van der Waals surface area contributed by atoms with Gasteiger partial charge in [0.05, 0.1) is 19.9 Å². The van der Waals surface area contributed by atoms with Gasteiger partial charge in [-0.25, -0.2) is 0 Å². The molecule has 0 saturated carbocycles. The van der Waals surface area contributed by atoms with Gasteiger partial charge in [-0.15, -0.1) is 0 Å². The predicted octanol–water partition coefficient (Wildman–Crippen LogP) is 5.25. The van der Waals surface area contributed by atoms with Crippen LogP contribution in [0.2, 0.25) is 0 Å². The lowest BCUT2D eigenvalue weighted by molar-refractivity contribution is 0.412. The summed E-state index contributed by atoms with van der Waals surface area (Å²) in [6, 6.07) is 21.0. The van der Waals surface area contributed by atoms with Gasteiger partial charge in [0.25, 0.3) is 0 Å². The van der Waals surface area contributed by atoms with Gasteiger partial charge in [-0.05, 0) is 80.1 Å². The van der Waals surface area contributed by atoms with E-state index in [1.165, 1.54) is 0 Å². The number of anilines is 1. The minimum absolute atomic E-state index is 0.305. The highest BCUT2D eigenvalue weighted by Crippen LogP contribution is 2.36. The van der Waals surface area contributed by atoms with E-state index in [1.54, 1.807) is 14.2 Å². The van der Waals surface area contributed by atoms with Gasteiger partial charge in [0.15, 0.2) is 13.7 Å². The summed E-state index contributed by atoms with van der Waals surface area (Å²) in [7, 11) is 9.36. The highest BCUT2D eigenvalue weighted by Gasteiger charge is 2.20. The zero-order valence-corrected chi connectivity index (χ0v) is 18.4. The van der Waals surface area contributed by atoms with E-state index < -0.39 is 0 Å². The summed E-state index contributed by atoms with van der Waals surface area (Å²) >= 11 is 0. The highest BCUT2D eigenvalue weighted by molar-refractivity contribution is 6.04. The number of nitrogens with one attached hydrogen (secondary N) is 1. The molecule has 0 spiro atoms. The molecule has 1 heterocycles. The van der Waals surface area contributed by atoms with E-state index in [-0.39, 0.29) is 0 Å². The smallest absolute Gasteiger partial charge is 0.182 e. The third-order valence-corrected chi connectivity index (χ3v) is 5.49. The Hall–Kier alpha value is -3.32. The molecule has 1 N–H and O–H groups in total. The maximum Gasteiger partial charge on any atom is 0.182 e. The Kier molecular flexibility index (Phi) is 7.07. The maximum absolute atomic E-state index is 6.20. The number of ether oxygens (including phenoxy) is 4. The van der Waals surface area contributed by atoms with Crippen molar-refractivity contribution in [1.29, 1.82) is 0 Å². The number of nitrogens with zero attached hydrogens (tertiary/aromatic N) is 1. The SMILES string of the molecule is [B]N1CCC[C@H]1CNc1ccc(Oc2ccc(OC)cc2)cc1Oc1ccc(OC)cc1. The van der Waals surface area contributed by atoms with Gasteiger partial charge in [0, 0.05) is 18.7 Å². The molecule has 7 heteroatoms. The first-order chi connectivity index (χ1) is 15.6. The molecule has 3 aromatic rings. The average Bonchev–Trinajstić information content (AvgIpc) is 3.24. The van der Waals surface area contributed by atoms with Crippen LogP contribution in [0.1, 0.15) is 12.8 Å². The number of hydrogen-bond acceptors (Lipinski definition) is 6. The Labute approximate surface area is 190 Å². The Morgan fingerprint density at radius 3 is 1.94 bits per heavy atom.